The predicted molar refractivity (Wildman–Crippen MR) is 71.0 cm³/mol. The molecule has 0 amide bonds. The molecular formula is C12H18BrN3O. The fraction of sp³-hybridized carbons (Fsp3) is 0.667. The minimum absolute atomic E-state index is 0.469. The average molecular weight is 300 g/mol. The van der Waals surface area contributed by atoms with Crippen molar-refractivity contribution in [3.63, 3.8) is 0 Å². The van der Waals surface area contributed by atoms with Gasteiger partial charge in [-0.25, -0.2) is 9.97 Å². The molecule has 2 rings (SSSR count). The molecule has 1 fully saturated rings. The van der Waals surface area contributed by atoms with E-state index in [1.54, 1.807) is 12.4 Å². The molecule has 1 N–H and O–H groups in total. The van der Waals surface area contributed by atoms with Crippen molar-refractivity contribution >= 4 is 21.9 Å². The molecular weight excluding hydrogens is 282 g/mol. The highest BCUT2D eigenvalue weighted by Gasteiger charge is 2.12. The van der Waals surface area contributed by atoms with Gasteiger partial charge in [0.2, 0.25) is 5.95 Å². The van der Waals surface area contributed by atoms with Gasteiger partial charge in [0.15, 0.2) is 0 Å². The molecule has 0 spiro atoms. The lowest BCUT2D eigenvalue weighted by Gasteiger charge is -2.21. The van der Waals surface area contributed by atoms with E-state index in [1.807, 2.05) is 0 Å². The second-order valence-electron chi connectivity index (χ2n) is 4.28. The van der Waals surface area contributed by atoms with Gasteiger partial charge in [-0.3, -0.25) is 0 Å². The summed E-state index contributed by atoms with van der Waals surface area (Å²) in [4.78, 5) is 8.28. The molecule has 94 valence electrons. The summed E-state index contributed by atoms with van der Waals surface area (Å²) in [7, 11) is 0. The quantitative estimate of drug-likeness (QED) is 0.849. The number of rotatable bonds is 5. The van der Waals surface area contributed by atoms with Crippen LogP contribution >= 0.6 is 15.9 Å². The van der Waals surface area contributed by atoms with Gasteiger partial charge in [0.25, 0.3) is 0 Å². The third kappa shape index (κ3) is 4.60. The molecule has 1 aromatic heterocycles. The first-order chi connectivity index (χ1) is 8.34. The Hall–Kier alpha value is -0.680. The zero-order valence-corrected chi connectivity index (χ0v) is 11.4. The lowest BCUT2D eigenvalue weighted by molar-refractivity contribution is 0.0347. The van der Waals surface area contributed by atoms with Crippen LogP contribution < -0.4 is 5.32 Å². The van der Waals surface area contributed by atoms with Crippen LogP contribution in [0.1, 0.15) is 32.1 Å². The maximum Gasteiger partial charge on any atom is 0.222 e. The summed E-state index contributed by atoms with van der Waals surface area (Å²) in [5.41, 5.74) is 0. The molecule has 1 saturated carbocycles. The fourth-order valence-electron chi connectivity index (χ4n) is 2.02. The first-order valence-electron chi connectivity index (χ1n) is 6.17. The number of aromatic nitrogens is 2. The van der Waals surface area contributed by atoms with Gasteiger partial charge in [-0.15, -0.1) is 0 Å². The Morgan fingerprint density at radius 1 is 1.24 bits per heavy atom. The van der Waals surface area contributed by atoms with Gasteiger partial charge in [0.1, 0.15) is 0 Å². The number of hydrogen-bond donors (Lipinski definition) is 1. The second kappa shape index (κ2) is 6.91. The highest BCUT2D eigenvalue weighted by molar-refractivity contribution is 9.10. The predicted octanol–water partition coefficient (Wildman–Crippen LogP) is 3.00. The number of nitrogens with zero attached hydrogens (tertiary/aromatic N) is 2. The summed E-state index contributed by atoms with van der Waals surface area (Å²) in [6, 6.07) is 0. The molecule has 1 aliphatic carbocycles. The van der Waals surface area contributed by atoms with E-state index in [1.165, 1.54) is 32.1 Å². The Morgan fingerprint density at radius 3 is 2.65 bits per heavy atom. The summed E-state index contributed by atoms with van der Waals surface area (Å²) in [6.45, 7) is 1.49. The van der Waals surface area contributed by atoms with Gasteiger partial charge in [-0.1, -0.05) is 19.3 Å². The van der Waals surface area contributed by atoms with E-state index in [9.17, 15) is 0 Å². The number of ether oxygens (including phenoxy) is 1. The number of nitrogens with one attached hydrogen (secondary N) is 1. The monoisotopic (exact) mass is 299 g/mol. The van der Waals surface area contributed by atoms with E-state index in [4.69, 9.17) is 4.74 Å². The Bertz CT molecular complexity index is 325. The molecule has 0 saturated heterocycles. The largest absolute Gasteiger partial charge is 0.376 e. The maximum atomic E-state index is 5.80. The van der Waals surface area contributed by atoms with E-state index < -0.39 is 0 Å². The smallest absolute Gasteiger partial charge is 0.222 e. The first-order valence-corrected chi connectivity index (χ1v) is 6.97. The van der Waals surface area contributed by atoms with Gasteiger partial charge in [-0.2, -0.15) is 0 Å². The lowest BCUT2D eigenvalue weighted by atomic mass is 9.98. The van der Waals surface area contributed by atoms with Gasteiger partial charge in [0.05, 0.1) is 17.2 Å². The van der Waals surface area contributed by atoms with Crippen LogP contribution in [0.25, 0.3) is 0 Å². The van der Waals surface area contributed by atoms with Crippen LogP contribution in [0.5, 0.6) is 0 Å². The van der Waals surface area contributed by atoms with Crippen molar-refractivity contribution in [2.24, 2.45) is 0 Å². The Labute approximate surface area is 110 Å². The fourth-order valence-corrected chi connectivity index (χ4v) is 2.23. The third-order valence-corrected chi connectivity index (χ3v) is 3.32. The van der Waals surface area contributed by atoms with E-state index >= 15 is 0 Å². The molecule has 0 unspecified atom stereocenters. The highest BCUT2D eigenvalue weighted by atomic mass is 79.9. The third-order valence-electron chi connectivity index (χ3n) is 2.91. The van der Waals surface area contributed by atoms with Gasteiger partial charge >= 0.3 is 0 Å². The number of halogens is 1. The van der Waals surface area contributed by atoms with Gasteiger partial charge in [-0.05, 0) is 28.8 Å². The minimum atomic E-state index is 0.469. The highest BCUT2D eigenvalue weighted by Crippen LogP contribution is 2.19. The SMILES string of the molecule is Brc1cnc(NCCOC2CCCCC2)nc1. The van der Waals surface area contributed by atoms with Crippen LogP contribution in [0.2, 0.25) is 0 Å². The van der Waals surface area contributed by atoms with Crippen molar-refractivity contribution in [3.8, 4) is 0 Å². The van der Waals surface area contributed by atoms with Crippen molar-refractivity contribution in [2.45, 2.75) is 38.2 Å². The molecule has 1 heterocycles. The molecule has 4 nitrogen and oxygen atoms in total. The average Bonchev–Trinajstić information content (AvgIpc) is 2.38. The lowest BCUT2D eigenvalue weighted by Crippen LogP contribution is -2.20. The summed E-state index contributed by atoms with van der Waals surface area (Å²) >= 11 is 3.30. The number of hydrogen-bond acceptors (Lipinski definition) is 4. The summed E-state index contributed by atoms with van der Waals surface area (Å²) < 4.78 is 6.69. The van der Waals surface area contributed by atoms with Crippen LogP contribution in [0.3, 0.4) is 0 Å². The minimum Gasteiger partial charge on any atom is -0.376 e. The van der Waals surface area contributed by atoms with Gasteiger partial charge < -0.3 is 10.1 Å². The topological polar surface area (TPSA) is 47.0 Å². The molecule has 1 aliphatic rings. The van der Waals surface area contributed by atoms with E-state index in [-0.39, 0.29) is 0 Å². The van der Waals surface area contributed by atoms with Crippen LogP contribution in [-0.2, 0) is 4.74 Å². The van der Waals surface area contributed by atoms with Crippen LogP contribution in [-0.4, -0.2) is 29.2 Å². The van der Waals surface area contributed by atoms with Crippen molar-refractivity contribution in [1.29, 1.82) is 0 Å². The Balaban J connectivity index is 1.60. The maximum absolute atomic E-state index is 5.80. The van der Waals surface area contributed by atoms with Crippen molar-refractivity contribution in [1.82, 2.24) is 9.97 Å². The molecule has 17 heavy (non-hydrogen) atoms. The molecule has 5 heteroatoms. The molecule has 1 aromatic rings. The zero-order chi connectivity index (χ0) is 11.9. The standard InChI is InChI=1S/C12H18BrN3O/c13-10-8-15-12(16-9-10)14-6-7-17-11-4-2-1-3-5-11/h8-9,11H,1-7H2,(H,14,15,16). The van der Waals surface area contributed by atoms with Gasteiger partial charge in [0, 0.05) is 18.9 Å². The zero-order valence-electron chi connectivity index (χ0n) is 9.86. The molecule has 0 atom stereocenters. The Morgan fingerprint density at radius 2 is 1.94 bits per heavy atom. The van der Waals surface area contributed by atoms with Crippen molar-refractivity contribution < 1.29 is 4.74 Å². The molecule has 0 aliphatic heterocycles. The van der Waals surface area contributed by atoms with Crippen LogP contribution in [0.15, 0.2) is 16.9 Å². The van der Waals surface area contributed by atoms with E-state index in [0.717, 1.165) is 17.6 Å². The van der Waals surface area contributed by atoms with E-state index in [2.05, 4.69) is 31.2 Å². The van der Waals surface area contributed by atoms with Crippen molar-refractivity contribution in [2.75, 3.05) is 18.5 Å². The summed E-state index contributed by atoms with van der Waals surface area (Å²) in [5.74, 6) is 0.653. The normalized spacial score (nSPS) is 17.0. The first kappa shape index (κ1) is 12.8. The van der Waals surface area contributed by atoms with Crippen LogP contribution in [0.4, 0.5) is 5.95 Å². The molecule has 0 bridgehead atoms. The second-order valence-corrected chi connectivity index (χ2v) is 5.20. The summed E-state index contributed by atoms with van der Waals surface area (Å²) in [5, 5.41) is 3.14. The van der Waals surface area contributed by atoms with Crippen LogP contribution in [0, 0.1) is 0 Å². The Kier molecular flexibility index (Phi) is 5.19. The molecule has 0 aromatic carbocycles. The number of anilines is 1. The van der Waals surface area contributed by atoms with E-state index in [0.29, 0.717) is 12.1 Å². The summed E-state index contributed by atoms with van der Waals surface area (Å²) in [6.07, 6.45) is 10.4. The molecule has 0 radical (unpaired) electrons. The van der Waals surface area contributed by atoms with Crippen molar-refractivity contribution in [3.05, 3.63) is 16.9 Å².